The van der Waals surface area contributed by atoms with Gasteiger partial charge < -0.3 is 15.1 Å². The summed E-state index contributed by atoms with van der Waals surface area (Å²) in [5.74, 6) is 3.27. The normalized spacial score (nSPS) is 29.0. The standard InChI is InChI=1S/C22H33N5O2/c1-14(2)9-21(28)24-11-19-17-10-16(18-5-4-6-22(29)27(18)19)12-26(13-17)20-7-8-23-15(3)25-20/h7-8,14,16-19H,4-6,9-13H2,1-3H3,(H,24,28)/t16-,17-,18-,19-/m0/s1. The third kappa shape index (κ3) is 4.23. The maximum atomic E-state index is 12.9. The smallest absolute Gasteiger partial charge is 0.223 e. The number of hydrogen-bond acceptors (Lipinski definition) is 5. The van der Waals surface area contributed by atoms with Gasteiger partial charge in [-0.3, -0.25) is 9.59 Å². The number of fused-ring (bicyclic) bond motifs is 4. The van der Waals surface area contributed by atoms with Crippen LogP contribution in [0.3, 0.4) is 0 Å². The Bertz CT molecular complexity index is 767. The van der Waals surface area contributed by atoms with Crippen LogP contribution < -0.4 is 10.2 Å². The number of nitrogens with one attached hydrogen (secondary N) is 1. The molecule has 0 spiro atoms. The van der Waals surface area contributed by atoms with E-state index in [0.29, 0.717) is 37.1 Å². The van der Waals surface area contributed by atoms with Gasteiger partial charge in [0.05, 0.1) is 6.04 Å². The fourth-order valence-electron chi connectivity index (χ4n) is 5.51. The third-order valence-electron chi connectivity index (χ3n) is 6.68. The number of carbonyl (C=O) groups excluding carboxylic acids is 2. The van der Waals surface area contributed by atoms with Crippen LogP contribution in [0.15, 0.2) is 12.3 Å². The van der Waals surface area contributed by atoms with Gasteiger partial charge in [0.15, 0.2) is 0 Å². The SMILES string of the molecule is Cc1nccc(N2C[C@@H]3C[C@@H](C2)[C@H](CNC(=O)CC(C)C)N2C(=O)CCC[C@@H]32)n1. The first kappa shape index (κ1) is 20.1. The average Bonchev–Trinajstić information content (AvgIpc) is 2.67. The van der Waals surface area contributed by atoms with E-state index in [1.165, 1.54) is 0 Å². The minimum absolute atomic E-state index is 0.0749. The van der Waals surface area contributed by atoms with E-state index in [2.05, 4.69) is 38.9 Å². The minimum atomic E-state index is 0.0749. The van der Waals surface area contributed by atoms with E-state index >= 15 is 0 Å². The highest BCUT2D eigenvalue weighted by Crippen LogP contribution is 2.42. The average molecular weight is 400 g/mol. The van der Waals surface area contributed by atoms with Crippen LogP contribution in [0.1, 0.15) is 51.8 Å². The first-order valence-electron chi connectivity index (χ1n) is 11.0. The van der Waals surface area contributed by atoms with Crippen molar-refractivity contribution >= 4 is 17.6 Å². The van der Waals surface area contributed by atoms with Gasteiger partial charge in [-0.2, -0.15) is 0 Å². The molecule has 1 N–H and O–H groups in total. The van der Waals surface area contributed by atoms with Crippen LogP contribution in [0, 0.1) is 24.7 Å². The predicted molar refractivity (Wildman–Crippen MR) is 111 cm³/mol. The van der Waals surface area contributed by atoms with E-state index < -0.39 is 0 Å². The van der Waals surface area contributed by atoms with Crippen molar-refractivity contribution in [2.24, 2.45) is 17.8 Å². The summed E-state index contributed by atoms with van der Waals surface area (Å²) in [5.41, 5.74) is 0. The number of aromatic nitrogens is 2. The molecule has 4 rings (SSSR count). The highest BCUT2D eigenvalue weighted by molar-refractivity contribution is 5.79. The molecule has 2 amide bonds. The van der Waals surface area contributed by atoms with Crippen molar-refractivity contribution in [1.29, 1.82) is 0 Å². The van der Waals surface area contributed by atoms with Gasteiger partial charge in [0.2, 0.25) is 11.8 Å². The first-order chi connectivity index (χ1) is 13.9. The molecule has 7 nitrogen and oxygen atoms in total. The quantitative estimate of drug-likeness (QED) is 0.821. The number of nitrogens with zero attached hydrogens (tertiary/aromatic N) is 4. The highest BCUT2D eigenvalue weighted by Gasteiger charge is 2.49. The van der Waals surface area contributed by atoms with Crippen LogP contribution in [0.4, 0.5) is 5.82 Å². The van der Waals surface area contributed by atoms with E-state index in [0.717, 1.165) is 44.0 Å². The molecule has 2 bridgehead atoms. The second kappa shape index (κ2) is 8.28. The summed E-state index contributed by atoms with van der Waals surface area (Å²) in [6.45, 7) is 8.39. The summed E-state index contributed by atoms with van der Waals surface area (Å²) in [7, 11) is 0. The number of rotatable bonds is 5. The van der Waals surface area contributed by atoms with Gasteiger partial charge in [-0.05, 0) is 50.0 Å². The number of carbonyl (C=O) groups is 2. The molecule has 0 radical (unpaired) electrons. The van der Waals surface area contributed by atoms with Crippen LogP contribution in [0.25, 0.3) is 0 Å². The van der Waals surface area contributed by atoms with Crippen molar-refractivity contribution in [3.8, 4) is 0 Å². The Morgan fingerprint density at radius 3 is 2.86 bits per heavy atom. The lowest BCUT2D eigenvalue weighted by Gasteiger charge is -2.56. The van der Waals surface area contributed by atoms with Gasteiger partial charge in [-0.15, -0.1) is 0 Å². The molecule has 4 atom stereocenters. The topological polar surface area (TPSA) is 78.4 Å². The van der Waals surface area contributed by atoms with Crippen molar-refractivity contribution in [3.05, 3.63) is 18.1 Å². The Kier molecular flexibility index (Phi) is 5.74. The fraction of sp³-hybridized carbons (Fsp3) is 0.727. The number of amides is 2. The van der Waals surface area contributed by atoms with Crippen molar-refractivity contribution in [1.82, 2.24) is 20.2 Å². The molecule has 0 aliphatic carbocycles. The van der Waals surface area contributed by atoms with Crippen LogP contribution >= 0.6 is 0 Å². The zero-order valence-corrected chi connectivity index (χ0v) is 17.8. The van der Waals surface area contributed by atoms with Crippen molar-refractivity contribution < 1.29 is 9.59 Å². The second-order valence-corrected chi connectivity index (χ2v) is 9.35. The Labute approximate surface area is 173 Å². The Hall–Kier alpha value is -2.18. The van der Waals surface area contributed by atoms with E-state index in [4.69, 9.17) is 0 Å². The summed E-state index contributed by atoms with van der Waals surface area (Å²) in [6, 6.07) is 2.34. The number of anilines is 1. The molecular formula is C22H33N5O2. The van der Waals surface area contributed by atoms with Gasteiger partial charge in [0.1, 0.15) is 11.6 Å². The zero-order chi connectivity index (χ0) is 20.5. The number of aryl methyl sites for hydroxylation is 1. The molecule has 3 aliphatic heterocycles. The van der Waals surface area contributed by atoms with E-state index in [1.807, 2.05) is 19.2 Å². The number of piperidine rings is 3. The molecule has 0 aromatic carbocycles. The van der Waals surface area contributed by atoms with Crippen molar-refractivity contribution in [2.45, 2.75) is 65.0 Å². The van der Waals surface area contributed by atoms with Crippen LogP contribution in [0.2, 0.25) is 0 Å². The summed E-state index contributed by atoms with van der Waals surface area (Å²) >= 11 is 0. The van der Waals surface area contributed by atoms with Crippen LogP contribution in [-0.2, 0) is 9.59 Å². The molecule has 3 aliphatic rings. The van der Waals surface area contributed by atoms with Crippen LogP contribution in [-0.4, -0.2) is 58.4 Å². The van der Waals surface area contributed by atoms with Gasteiger partial charge in [-0.1, -0.05) is 13.8 Å². The van der Waals surface area contributed by atoms with E-state index in [1.54, 1.807) is 0 Å². The molecule has 29 heavy (non-hydrogen) atoms. The summed E-state index contributed by atoms with van der Waals surface area (Å²) in [4.78, 5) is 38.6. The summed E-state index contributed by atoms with van der Waals surface area (Å²) in [5, 5.41) is 3.13. The Morgan fingerprint density at radius 2 is 2.10 bits per heavy atom. The molecule has 1 aromatic heterocycles. The van der Waals surface area contributed by atoms with Gasteiger partial charge >= 0.3 is 0 Å². The summed E-state index contributed by atoms with van der Waals surface area (Å²) in [6.07, 6.45) is 6.16. The predicted octanol–water partition coefficient (Wildman–Crippen LogP) is 2.15. The maximum Gasteiger partial charge on any atom is 0.223 e. The molecule has 4 heterocycles. The molecule has 1 aromatic rings. The highest BCUT2D eigenvalue weighted by atomic mass is 16.2. The lowest BCUT2D eigenvalue weighted by molar-refractivity contribution is -0.149. The molecular weight excluding hydrogens is 366 g/mol. The van der Waals surface area contributed by atoms with Crippen molar-refractivity contribution in [3.63, 3.8) is 0 Å². The van der Waals surface area contributed by atoms with Crippen molar-refractivity contribution in [2.75, 3.05) is 24.5 Å². The van der Waals surface area contributed by atoms with E-state index in [9.17, 15) is 9.59 Å². The largest absolute Gasteiger partial charge is 0.356 e. The molecule has 158 valence electrons. The summed E-state index contributed by atoms with van der Waals surface area (Å²) < 4.78 is 0. The molecule has 3 saturated heterocycles. The third-order valence-corrected chi connectivity index (χ3v) is 6.68. The zero-order valence-electron chi connectivity index (χ0n) is 17.8. The number of hydrogen-bond donors (Lipinski definition) is 1. The second-order valence-electron chi connectivity index (χ2n) is 9.35. The van der Waals surface area contributed by atoms with Gasteiger partial charge in [0.25, 0.3) is 0 Å². The Morgan fingerprint density at radius 1 is 1.31 bits per heavy atom. The van der Waals surface area contributed by atoms with E-state index in [-0.39, 0.29) is 23.9 Å². The lowest BCUT2D eigenvalue weighted by atomic mass is 9.72. The monoisotopic (exact) mass is 399 g/mol. The van der Waals surface area contributed by atoms with Gasteiger partial charge in [0, 0.05) is 44.7 Å². The molecule has 3 fully saturated rings. The maximum absolute atomic E-state index is 12.9. The minimum Gasteiger partial charge on any atom is -0.356 e. The first-order valence-corrected chi connectivity index (χ1v) is 11.0. The van der Waals surface area contributed by atoms with Crippen LogP contribution in [0.5, 0.6) is 0 Å². The Balaban J connectivity index is 1.55. The fourth-order valence-corrected chi connectivity index (χ4v) is 5.51. The van der Waals surface area contributed by atoms with Gasteiger partial charge in [-0.25, -0.2) is 9.97 Å². The molecule has 0 saturated carbocycles. The molecule has 7 heteroatoms. The molecule has 0 unspecified atom stereocenters. The lowest BCUT2D eigenvalue weighted by Crippen LogP contribution is -2.67.